The summed E-state index contributed by atoms with van der Waals surface area (Å²) in [5.41, 5.74) is 4.73. The van der Waals surface area contributed by atoms with Crippen LogP contribution in [0, 0.1) is 0 Å². The van der Waals surface area contributed by atoms with E-state index in [1.165, 1.54) is 16.7 Å². The fraction of sp³-hybridized carbons (Fsp3) is 0.231. The molecular weight excluding hydrogens is 220 g/mol. The lowest BCUT2D eigenvalue weighted by Gasteiger charge is -2.23. The molecule has 0 spiro atoms. The van der Waals surface area contributed by atoms with Gasteiger partial charge >= 0.3 is 0 Å². The number of hydrogen-bond donors (Lipinski definition) is 0. The third-order valence-electron chi connectivity index (χ3n) is 3.12. The summed E-state index contributed by atoms with van der Waals surface area (Å²) in [5.74, 6) is 0.456. The molecule has 0 amide bonds. The number of nitrogens with zero attached hydrogens (tertiary/aromatic N) is 2. The van der Waals surface area contributed by atoms with Crippen LogP contribution in [0.15, 0.2) is 30.3 Å². The van der Waals surface area contributed by atoms with Crippen LogP contribution in [0.4, 0.5) is 0 Å². The fourth-order valence-electron chi connectivity index (χ4n) is 2.34. The Hall–Kier alpha value is -1.41. The van der Waals surface area contributed by atoms with Gasteiger partial charge < -0.3 is 0 Å². The maximum atomic E-state index is 5.90. The molecule has 1 aliphatic rings. The van der Waals surface area contributed by atoms with E-state index in [1.54, 1.807) is 0 Å². The normalized spacial score (nSPS) is 17.8. The van der Waals surface area contributed by atoms with Gasteiger partial charge in [0.15, 0.2) is 5.15 Å². The number of halogens is 1. The SMILES string of the molecule is CC1Cc2ccccc2-c2nnc(Cl)cc21. The summed E-state index contributed by atoms with van der Waals surface area (Å²) in [4.78, 5) is 0. The minimum atomic E-state index is 0.456. The first-order chi connectivity index (χ1) is 7.75. The van der Waals surface area contributed by atoms with Gasteiger partial charge in [-0.1, -0.05) is 42.8 Å². The van der Waals surface area contributed by atoms with Crippen molar-refractivity contribution in [2.24, 2.45) is 0 Å². The summed E-state index contributed by atoms with van der Waals surface area (Å²) in [6, 6.07) is 10.3. The van der Waals surface area contributed by atoms with Crippen LogP contribution in [0.1, 0.15) is 24.0 Å². The van der Waals surface area contributed by atoms with Gasteiger partial charge in [0.1, 0.15) is 0 Å². The molecule has 1 aliphatic carbocycles. The average Bonchev–Trinajstić information content (AvgIpc) is 2.29. The van der Waals surface area contributed by atoms with E-state index in [0.717, 1.165) is 12.1 Å². The molecule has 3 rings (SSSR count). The molecular formula is C13H11ClN2. The summed E-state index contributed by atoms with van der Waals surface area (Å²) >= 11 is 5.90. The summed E-state index contributed by atoms with van der Waals surface area (Å²) in [5, 5.41) is 8.65. The standard InChI is InChI=1S/C13H11ClN2/c1-8-6-9-4-2-3-5-10(9)13-11(8)7-12(14)15-16-13/h2-5,7-8H,6H2,1H3. The van der Waals surface area contributed by atoms with Gasteiger partial charge in [-0.3, -0.25) is 0 Å². The third-order valence-corrected chi connectivity index (χ3v) is 3.31. The van der Waals surface area contributed by atoms with Crippen molar-refractivity contribution in [1.82, 2.24) is 10.2 Å². The van der Waals surface area contributed by atoms with E-state index >= 15 is 0 Å². The van der Waals surface area contributed by atoms with Crippen LogP contribution in [-0.2, 0) is 6.42 Å². The van der Waals surface area contributed by atoms with Crippen LogP contribution >= 0.6 is 11.6 Å². The Morgan fingerprint density at radius 3 is 2.94 bits per heavy atom. The molecule has 0 N–H and O–H groups in total. The van der Waals surface area contributed by atoms with Gasteiger partial charge in [0, 0.05) is 5.56 Å². The van der Waals surface area contributed by atoms with Crippen molar-refractivity contribution in [1.29, 1.82) is 0 Å². The monoisotopic (exact) mass is 230 g/mol. The molecule has 1 heterocycles. The molecule has 2 aromatic rings. The minimum absolute atomic E-state index is 0.456. The Balaban J connectivity index is 2.28. The minimum Gasteiger partial charge on any atom is -0.149 e. The van der Waals surface area contributed by atoms with E-state index in [0.29, 0.717) is 11.1 Å². The van der Waals surface area contributed by atoms with Gasteiger partial charge in [0.25, 0.3) is 0 Å². The predicted octanol–water partition coefficient (Wildman–Crippen LogP) is 3.46. The zero-order valence-corrected chi connectivity index (χ0v) is 9.70. The molecule has 2 nitrogen and oxygen atoms in total. The molecule has 0 saturated heterocycles. The maximum absolute atomic E-state index is 5.90. The Bertz CT molecular complexity index is 551. The molecule has 0 bridgehead atoms. The lowest BCUT2D eigenvalue weighted by atomic mass is 9.83. The molecule has 0 fully saturated rings. The Labute approximate surface area is 99.3 Å². The van der Waals surface area contributed by atoms with Crippen LogP contribution < -0.4 is 0 Å². The van der Waals surface area contributed by atoms with Crippen molar-refractivity contribution < 1.29 is 0 Å². The first-order valence-corrected chi connectivity index (χ1v) is 5.75. The van der Waals surface area contributed by atoms with Crippen molar-refractivity contribution in [2.75, 3.05) is 0 Å². The van der Waals surface area contributed by atoms with Crippen LogP contribution in [0.25, 0.3) is 11.3 Å². The lowest BCUT2D eigenvalue weighted by Crippen LogP contribution is -2.10. The molecule has 80 valence electrons. The largest absolute Gasteiger partial charge is 0.152 e. The molecule has 1 atom stereocenters. The van der Waals surface area contributed by atoms with E-state index in [9.17, 15) is 0 Å². The van der Waals surface area contributed by atoms with Crippen LogP contribution in [0.2, 0.25) is 5.15 Å². The number of hydrogen-bond acceptors (Lipinski definition) is 2. The van der Waals surface area contributed by atoms with Gasteiger partial charge in [-0.15, -0.1) is 10.2 Å². The fourth-order valence-corrected chi connectivity index (χ4v) is 2.49. The topological polar surface area (TPSA) is 25.8 Å². The highest BCUT2D eigenvalue weighted by atomic mass is 35.5. The van der Waals surface area contributed by atoms with E-state index in [1.807, 2.05) is 12.1 Å². The van der Waals surface area contributed by atoms with Crippen LogP contribution in [-0.4, -0.2) is 10.2 Å². The quantitative estimate of drug-likeness (QED) is 0.693. The van der Waals surface area contributed by atoms with Crippen LogP contribution in [0.3, 0.4) is 0 Å². The van der Waals surface area contributed by atoms with Crippen LogP contribution in [0.5, 0.6) is 0 Å². The van der Waals surface area contributed by atoms with E-state index < -0.39 is 0 Å². The summed E-state index contributed by atoms with van der Waals surface area (Å²) in [7, 11) is 0. The zero-order chi connectivity index (χ0) is 11.1. The van der Waals surface area contributed by atoms with E-state index in [-0.39, 0.29) is 0 Å². The summed E-state index contributed by atoms with van der Waals surface area (Å²) in [6.45, 7) is 2.20. The molecule has 0 radical (unpaired) electrons. The predicted molar refractivity (Wildman–Crippen MR) is 64.6 cm³/mol. The van der Waals surface area contributed by atoms with Crippen molar-refractivity contribution in [3.05, 3.63) is 46.6 Å². The number of rotatable bonds is 0. The first-order valence-electron chi connectivity index (χ1n) is 5.37. The number of benzene rings is 1. The Morgan fingerprint density at radius 1 is 1.25 bits per heavy atom. The second kappa shape index (κ2) is 3.56. The second-order valence-corrected chi connectivity index (χ2v) is 4.62. The van der Waals surface area contributed by atoms with Gasteiger partial charge in [0.2, 0.25) is 0 Å². The summed E-state index contributed by atoms with van der Waals surface area (Å²) < 4.78 is 0. The van der Waals surface area contributed by atoms with Crippen molar-refractivity contribution in [3.63, 3.8) is 0 Å². The summed E-state index contributed by atoms with van der Waals surface area (Å²) in [6.07, 6.45) is 1.05. The van der Waals surface area contributed by atoms with Gasteiger partial charge in [-0.05, 0) is 29.5 Å². The lowest BCUT2D eigenvalue weighted by molar-refractivity contribution is 0.735. The van der Waals surface area contributed by atoms with Gasteiger partial charge in [0.05, 0.1) is 5.69 Å². The highest BCUT2D eigenvalue weighted by Crippen LogP contribution is 2.38. The first kappa shape index (κ1) is 9.79. The molecule has 16 heavy (non-hydrogen) atoms. The van der Waals surface area contributed by atoms with E-state index in [4.69, 9.17) is 11.6 Å². The maximum Gasteiger partial charge on any atom is 0.152 e. The molecule has 3 heteroatoms. The van der Waals surface area contributed by atoms with Crippen molar-refractivity contribution in [2.45, 2.75) is 19.3 Å². The van der Waals surface area contributed by atoms with Gasteiger partial charge in [-0.25, -0.2) is 0 Å². The number of fused-ring (bicyclic) bond motifs is 3. The average molecular weight is 231 g/mol. The third kappa shape index (κ3) is 1.41. The zero-order valence-electron chi connectivity index (χ0n) is 8.94. The van der Waals surface area contributed by atoms with Gasteiger partial charge in [-0.2, -0.15) is 0 Å². The molecule has 0 aliphatic heterocycles. The Morgan fingerprint density at radius 2 is 2.06 bits per heavy atom. The molecule has 1 aromatic carbocycles. The Kier molecular flexibility index (Phi) is 2.18. The van der Waals surface area contributed by atoms with Crippen molar-refractivity contribution >= 4 is 11.6 Å². The van der Waals surface area contributed by atoms with Crippen molar-refractivity contribution in [3.8, 4) is 11.3 Å². The molecule has 0 saturated carbocycles. The van der Waals surface area contributed by atoms with E-state index in [2.05, 4.69) is 35.3 Å². The molecule has 1 unspecified atom stereocenters. The smallest absolute Gasteiger partial charge is 0.149 e. The highest BCUT2D eigenvalue weighted by molar-refractivity contribution is 6.29. The highest BCUT2D eigenvalue weighted by Gasteiger charge is 2.23. The molecule has 1 aromatic heterocycles. The number of aromatic nitrogens is 2. The second-order valence-electron chi connectivity index (χ2n) is 4.23.